The topological polar surface area (TPSA) is 44.0 Å². The molecule has 1 N–H and O–H groups in total. The molecule has 1 rings (SSSR count). The van der Waals surface area contributed by atoms with Crippen LogP contribution in [-0.4, -0.2) is 5.11 Å². The molecule has 146 valence electrons. The molecule has 1 aliphatic rings. The Kier molecular flexibility index (Phi) is 10.3. The van der Waals surface area contributed by atoms with Gasteiger partial charge in [-0.2, -0.15) is 5.26 Å². The Morgan fingerprint density at radius 2 is 1.96 bits per heavy atom. The molecule has 1 aliphatic carbocycles. The normalized spacial score (nSPS) is 17.1. The predicted molar refractivity (Wildman–Crippen MR) is 116 cm³/mol. The van der Waals surface area contributed by atoms with Crippen molar-refractivity contribution in [2.75, 3.05) is 0 Å². The van der Waals surface area contributed by atoms with E-state index in [4.69, 9.17) is 0 Å². The summed E-state index contributed by atoms with van der Waals surface area (Å²) in [5.41, 5.74) is 3.85. The molecule has 0 aromatic carbocycles. The lowest BCUT2D eigenvalue weighted by Crippen LogP contribution is -2.03. The summed E-state index contributed by atoms with van der Waals surface area (Å²) in [6.45, 7) is 14.9. The Morgan fingerprint density at radius 1 is 1.26 bits per heavy atom. The van der Waals surface area contributed by atoms with Gasteiger partial charge in [-0.3, -0.25) is 0 Å². The Balaban J connectivity index is 2.60. The maximum atomic E-state index is 10.0. The molecule has 0 aromatic rings. The quantitative estimate of drug-likeness (QED) is 0.304. The fraction of sp³-hybridized carbons (Fsp3) is 0.480. The third-order valence-corrected chi connectivity index (χ3v) is 4.87. The maximum Gasteiger partial charge on any atom is 0.117 e. The first-order valence-corrected chi connectivity index (χ1v) is 10.1. The minimum Gasteiger partial charge on any atom is -0.508 e. The highest BCUT2D eigenvalue weighted by atomic mass is 16.3. The molecule has 2 nitrogen and oxygen atoms in total. The van der Waals surface area contributed by atoms with Gasteiger partial charge in [-0.05, 0) is 62.2 Å². The van der Waals surface area contributed by atoms with Gasteiger partial charge in [-0.25, -0.2) is 0 Å². The highest BCUT2D eigenvalue weighted by molar-refractivity contribution is 5.48. The van der Waals surface area contributed by atoms with Crippen molar-refractivity contribution in [3.05, 3.63) is 71.6 Å². The largest absolute Gasteiger partial charge is 0.508 e. The first-order valence-electron chi connectivity index (χ1n) is 10.1. The first kappa shape index (κ1) is 22.8. The zero-order valence-electron chi connectivity index (χ0n) is 17.3. The van der Waals surface area contributed by atoms with Crippen molar-refractivity contribution in [2.45, 2.75) is 65.7 Å². The Morgan fingerprint density at radius 3 is 2.59 bits per heavy atom. The molecule has 0 saturated carbocycles. The first-order chi connectivity index (χ1) is 12.9. The number of aliphatic hydroxyl groups is 1. The predicted octanol–water partition coefficient (Wildman–Crippen LogP) is 7.51. The van der Waals surface area contributed by atoms with Crippen LogP contribution in [0, 0.1) is 23.2 Å². The van der Waals surface area contributed by atoms with Crippen LogP contribution in [0.2, 0.25) is 0 Å². The fourth-order valence-electron chi connectivity index (χ4n) is 3.15. The molecule has 0 spiro atoms. The van der Waals surface area contributed by atoms with Gasteiger partial charge in [-0.1, -0.05) is 69.7 Å². The van der Waals surface area contributed by atoms with Crippen LogP contribution in [0.3, 0.4) is 0 Å². The van der Waals surface area contributed by atoms with Crippen molar-refractivity contribution in [2.24, 2.45) is 11.8 Å². The van der Waals surface area contributed by atoms with Crippen LogP contribution in [0.5, 0.6) is 0 Å². The van der Waals surface area contributed by atoms with E-state index in [1.54, 1.807) is 6.08 Å². The van der Waals surface area contributed by atoms with E-state index in [1.807, 2.05) is 6.08 Å². The maximum absolute atomic E-state index is 10.0. The second-order valence-electron chi connectivity index (χ2n) is 7.77. The molecule has 0 aliphatic heterocycles. The summed E-state index contributed by atoms with van der Waals surface area (Å²) in [5.74, 6) is 0.848. The van der Waals surface area contributed by atoms with E-state index in [0.717, 1.165) is 49.2 Å². The number of allylic oxidation sites excluding steroid dienone is 9. The summed E-state index contributed by atoms with van der Waals surface area (Å²) >= 11 is 0. The van der Waals surface area contributed by atoms with E-state index in [9.17, 15) is 10.4 Å². The van der Waals surface area contributed by atoms with Gasteiger partial charge >= 0.3 is 0 Å². The van der Waals surface area contributed by atoms with Crippen molar-refractivity contribution < 1.29 is 5.11 Å². The Hall–Kier alpha value is -2.27. The zero-order chi connectivity index (χ0) is 20.2. The summed E-state index contributed by atoms with van der Waals surface area (Å²) in [5, 5.41) is 19.3. The summed E-state index contributed by atoms with van der Waals surface area (Å²) in [4.78, 5) is 0. The van der Waals surface area contributed by atoms with Crippen LogP contribution in [0.1, 0.15) is 65.7 Å². The van der Waals surface area contributed by atoms with Crippen LogP contribution in [0.25, 0.3) is 0 Å². The summed E-state index contributed by atoms with van der Waals surface area (Å²) in [6, 6.07) is 2.13. The Bertz CT molecular complexity index is 680. The van der Waals surface area contributed by atoms with E-state index in [-0.39, 0.29) is 11.7 Å². The van der Waals surface area contributed by atoms with E-state index in [0.29, 0.717) is 5.57 Å². The van der Waals surface area contributed by atoms with Crippen LogP contribution in [0.4, 0.5) is 0 Å². The van der Waals surface area contributed by atoms with Gasteiger partial charge < -0.3 is 5.11 Å². The summed E-state index contributed by atoms with van der Waals surface area (Å²) < 4.78 is 0. The molecule has 1 unspecified atom stereocenters. The molecule has 2 heteroatoms. The van der Waals surface area contributed by atoms with E-state index in [1.165, 1.54) is 24.5 Å². The number of nitriles is 1. The minimum atomic E-state index is -0.0344. The highest BCUT2D eigenvalue weighted by Crippen LogP contribution is 2.29. The summed E-state index contributed by atoms with van der Waals surface area (Å²) in [6.07, 6.45) is 17.0. The highest BCUT2D eigenvalue weighted by Gasteiger charge is 2.16. The van der Waals surface area contributed by atoms with Gasteiger partial charge in [0.2, 0.25) is 0 Å². The standard InChI is InChI=1S/C25H35NO/c1-6-21(5)25-16-22(18-26)15-24(27)17-23(25)14-9-7-8-12-20(4)13-10-11-19(2)3/h9,14-17,19,25,27H,4-8,10-13H2,1-3H3/b14-9+. The lowest BCUT2D eigenvalue weighted by Gasteiger charge is -2.16. The third kappa shape index (κ3) is 8.78. The SMILES string of the molecule is C=C(CCC/C=C/C1=CC(O)=CC(C#N)=CC1C(=C)CC)CCCC(C)C. The minimum absolute atomic E-state index is 0.0344. The van der Waals surface area contributed by atoms with Gasteiger partial charge in [0.05, 0.1) is 11.6 Å². The molecule has 0 amide bonds. The molecule has 27 heavy (non-hydrogen) atoms. The third-order valence-electron chi connectivity index (χ3n) is 4.87. The van der Waals surface area contributed by atoms with Crippen molar-refractivity contribution in [1.29, 1.82) is 5.26 Å². The van der Waals surface area contributed by atoms with Gasteiger partial charge in [0.25, 0.3) is 0 Å². The van der Waals surface area contributed by atoms with Crippen LogP contribution in [0.15, 0.2) is 71.6 Å². The number of rotatable bonds is 11. The van der Waals surface area contributed by atoms with Crippen molar-refractivity contribution >= 4 is 0 Å². The Labute approximate surface area is 166 Å². The molecule has 0 radical (unpaired) electrons. The van der Waals surface area contributed by atoms with Gasteiger partial charge in [0.1, 0.15) is 5.76 Å². The van der Waals surface area contributed by atoms with E-state index < -0.39 is 0 Å². The lowest BCUT2D eigenvalue weighted by atomic mass is 9.88. The molecule has 0 heterocycles. The van der Waals surface area contributed by atoms with Gasteiger partial charge in [0, 0.05) is 5.92 Å². The van der Waals surface area contributed by atoms with Crippen LogP contribution < -0.4 is 0 Å². The molecule has 0 saturated heterocycles. The molecule has 0 aromatic heterocycles. The van der Waals surface area contributed by atoms with E-state index in [2.05, 4.69) is 52.2 Å². The van der Waals surface area contributed by atoms with Crippen LogP contribution in [-0.2, 0) is 0 Å². The number of nitrogens with zero attached hydrogens (tertiary/aromatic N) is 1. The monoisotopic (exact) mass is 365 g/mol. The number of unbranched alkanes of at least 4 members (excludes halogenated alkanes) is 1. The van der Waals surface area contributed by atoms with Crippen molar-refractivity contribution in [1.82, 2.24) is 0 Å². The fourth-order valence-corrected chi connectivity index (χ4v) is 3.15. The lowest BCUT2D eigenvalue weighted by molar-refractivity contribution is 0.431. The zero-order valence-corrected chi connectivity index (χ0v) is 17.3. The van der Waals surface area contributed by atoms with Crippen LogP contribution >= 0.6 is 0 Å². The van der Waals surface area contributed by atoms with Crippen molar-refractivity contribution in [3.63, 3.8) is 0 Å². The number of aliphatic hydroxyl groups excluding tert-OH is 1. The molecule has 0 bridgehead atoms. The number of hydrogen-bond acceptors (Lipinski definition) is 2. The average molecular weight is 366 g/mol. The van der Waals surface area contributed by atoms with E-state index >= 15 is 0 Å². The number of hydrogen-bond donors (Lipinski definition) is 1. The van der Waals surface area contributed by atoms with Crippen molar-refractivity contribution in [3.8, 4) is 6.07 Å². The van der Waals surface area contributed by atoms with Gasteiger partial charge in [0.15, 0.2) is 0 Å². The van der Waals surface area contributed by atoms with Gasteiger partial charge in [-0.15, -0.1) is 0 Å². The second-order valence-corrected chi connectivity index (χ2v) is 7.77. The molecule has 1 atom stereocenters. The molecular weight excluding hydrogens is 330 g/mol. The second kappa shape index (κ2) is 12.2. The average Bonchev–Trinajstić information content (AvgIpc) is 2.78. The smallest absolute Gasteiger partial charge is 0.117 e. The molecular formula is C25H35NO. The summed E-state index contributed by atoms with van der Waals surface area (Å²) in [7, 11) is 0. The molecule has 0 fully saturated rings.